The number of carbonyl (C=O) groups is 2. The number of ketones is 2. The molecule has 1 aliphatic carbocycles. The molecule has 0 N–H and O–H groups in total. The van der Waals surface area contributed by atoms with Gasteiger partial charge in [0.05, 0.1) is 5.03 Å². The molecule has 3 heteroatoms. The molecule has 88 valence electrons. The van der Waals surface area contributed by atoms with E-state index in [2.05, 4.69) is 0 Å². The van der Waals surface area contributed by atoms with E-state index in [9.17, 15) is 9.59 Å². The summed E-state index contributed by atoms with van der Waals surface area (Å²) in [5.74, 6) is -0.333. The Labute approximate surface area is 105 Å². The van der Waals surface area contributed by atoms with Gasteiger partial charge in [0.1, 0.15) is 0 Å². The Hall–Kier alpha value is -1.41. The van der Waals surface area contributed by atoms with Gasteiger partial charge in [-0.25, -0.2) is 0 Å². The zero-order chi connectivity index (χ0) is 12.6. The van der Waals surface area contributed by atoms with Crippen LogP contribution in [-0.2, 0) is 0 Å². The quantitative estimate of drug-likeness (QED) is 0.800. The van der Waals surface area contributed by atoms with Crippen molar-refractivity contribution in [1.82, 2.24) is 0 Å². The van der Waals surface area contributed by atoms with Gasteiger partial charge in [-0.2, -0.15) is 0 Å². The minimum atomic E-state index is -0.228. The Morgan fingerprint density at radius 1 is 1.12 bits per heavy atom. The van der Waals surface area contributed by atoms with Crippen LogP contribution in [0.5, 0.6) is 0 Å². The number of Topliss-reactive ketones (excluding diaryl/α,β-unsaturated/α-hetero) is 2. The first-order valence-electron chi connectivity index (χ1n) is 5.65. The SMILES string of the molecule is CCCC1=C(Cl)C(=O)c2cc(C)ccc2C1=O. The Bertz CT molecular complexity index is 541. The zero-order valence-corrected chi connectivity index (χ0v) is 10.6. The summed E-state index contributed by atoms with van der Waals surface area (Å²) in [6.07, 6.45) is 1.35. The Morgan fingerprint density at radius 2 is 1.82 bits per heavy atom. The van der Waals surface area contributed by atoms with Crippen LogP contribution >= 0.6 is 11.6 Å². The van der Waals surface area contributed by atoms with Crippen molar-refractivity contribution in [2.24, 2.45) is 0 Å². The van der Waals surface area contributed by atoms with Crippen LogP contribution < -0.4 is 0 Å². The topological polar surface area (TPSA) is 34.1 Å². The van der Waals surface area contributed by atoms with E-state index < -0.39 is 0 Å². The number of aryl methyl sites for hydroxylation is 1. The maximum Gasteiger partial charge on any atom is 0.205 e. The van der Waals surface area contributed by atoms with Crippen molar-refractivity contribution < 1.29 is 9.59 Å². The Morgan fingerprint density at radius 3 is 2.47 bits per heavy atom. The summed E-state index contributed by atoms with van der Waals surface area (Å²) in [5.41, 5.74) is 2.32. The van der Waals surface area contributed by atoms with Crippen molar-refractivity contribution in [2.75, 3.05) is 0 Å². The number of hydrogen-bond donors (Lipinski definition) is 0. The van der Waals surface area contributed by atoms with Crippen LogP contribution in [-0.4, -0.2) is 11.6 Å². The molecule has 17 heavy (non-hydrogen) atoms. The highest BCUT2D eigenvalue weighted by atomic mass is 35.5. The van der Waals surface area contributed by atoms with Crippen molar-refractivity contribution in [2.45, 2.75) is 26.7 Å². The molecule has 0 bridgehead atoms. The first-order valence-corrected chi connectivity index (χ1v) is 6.02. The maximum atomic E-state index is 12.2. The number of halogens is 1. The lowest BCUT2D eigenvalue weighted by molar-refractivity contribution is 0.0977. The molecule has 1 aromatic rings. The van der Waals surface area contributed by atoms with E-state index in [0.29, 0.717) is 23.1 Å². The summed E-state index contributed by atoms with van der Waals surface area (Å²) in [7, 11) is 0. The molecule has 0 atom stereocenters. The van der Waals surface area contributed by atoms with E-state index >= 15 is 0 Å². The standard InChI is InChI=1S/C14H13ClO2/c1-3-4-10-12(15)14(17)11-7-8(2)5-6-9(11)13(10)16/h5-7H,3-4H2,1-2H3. The third-order valence-corrected chi connectivity index (χ3v) is 3.30. The van der Waals surface area contributed by atoms with Crippen molar-refractivity contribution in [3.63, 3.8) is 0 Å². The zero-order valence-electron chi connectivity index (χ0n) is 9.84. The minimum Gasteiger partial charge on any atom is -0.289 e. The van der Waals surface area contributed by atoms with Crippen molar-refractivity contribution in [3.8, 4) is 0 Å². The van der Waals surface area contributed by atoms with Crippen molar-refractivity contribution >= 4 is 23.2 Å². The molecule has 2 rings (SSSR count). The van der Waals surface area contributed by atoms with Gasteiger partial charge < -0.3 is 0 Å². The number of rotatable bonds is 2. The number of allylic oxidation sites excluding steroid dienone is 2. The molecule has 2 nitrogen and oxygen atoms in total. The van der Waals surface area contributed by atoms with Crippen LogP contribution in [0, 0.1) is 6.92 Å². The molecule has 0 unspecified atom stereocenters. The third kappa shape index (κ3) is 1.93. The normalized spacial score (nSPS) is 15.2. The van der Waals surface area contributed by atoms with E-state index in [4.69, 9.17) is 11.6 Å². The molecule has 0 saturated heterocycles. The first kappa shape index (κ1) is 12.1. The van der Waals surface area contributed by atoms with Crippen LogP contribution in [0.2, 0.25) is 0 Å². The summed E-state index contributed by atoms with van der Waals surface area (Å²) in [6.45, 7) is 3.84. The van der Waals surface area contributed by atoms with Gasteiger partial charge in [-0.05, 0) is 19.4 Å². The number of fused-ring (bicyclic) bond motifs is 1. The highest BCUT2D eigenvalue weighted by Crippen LogP contribution is 2.31. The molecule has 0 heterocycles. The fourth-order valence-corrected chi connectivity index (χ4v) is 2.32. The Balaban J connectivity index is 2.60. The Kier molecular flexibility index (Phi) is 3.16. The van der Waals surface area contributed by atoms with Crippen molar-refractivity contribution in [1.29, 1.82) is 0 Å². The molecule has 0 radical (unpaired) electrons. The third-order valence-electron chi connectivity index (χ3n) is 2.90. The van der Waals surface area contributed by atoms with Crippen LogP contribution in [0.25, 0.3) is 0 Å². The smallest absolute Gasteiger partial charge is 0.205 e. The molecule has 1 aromatic carbocycles. The van der Waals surface area contributed by atoms with Gasteiger partial charge in [0.25, 0.3) is 0 Å². The fourth-order valence-electron chi connectivity index (χ4n) is 2.03. The second kappa shape index (κ2) is 4.46. The largest absolute Gasteiger partial charge is 0.289 e. The summed E-state index contributed by atoms with van der Waals surface area (Å²) in [5, 5.41) is 0.0925. The summed E-state index contributed by atoms with van der Waals surface area (Å²) >= 11 is 6.00. The average Bonchev–Trinajstić information content (AvgIpc) is 2.32. The van der Waals surface area contributed by atoms with Gasteiger partial charge in [-0.3, -0.25) is 9.59 Å². The van der Waals surface area contributed by atoms with E-state index in [1.807, 2.05) is 19.9 Å². The minimum absolute atomic E-state index is 0.0925. The van der Waals surface area contributed by atoms with Gasteiger partial charge >= 0.3 is 0 Å². The predicted octanol–water partition coefficient (Wildman–Crippen LogP) is 3.67. The van der Waals surface area contributed by atoms with E-state index in [-0.39, 0.29) is 16.6 Å². The maximum absolute atomic E-state index is 12.2. The average molecular weight is 249 g/mol. The van der Waals surface area contributed by atoms with Crippen molar-refractivity contribution in [3.05, 3.63) is 45.5 Å². The molecule has 0 spiro atoms. The number of carbonyl (C=O) groups excluding carboxylic acids is 2. The highest BCUT2D eigenvalue weighted by molar-refractivity contribution is 6.50. The molecule has 0 saturated carbocycles. The van der Waals surface area contributed by atoms with Gasteiger partial charge in [-0.1, -0.05) is 42.6 Å². The first-order chi connectivity index (χ1) is 8.06. The second-order valence-corrected chi connectivity index (χ2v) is 4.63. The predicted molar refractivity (Wildman–Crippen MR) is 67.6 cm³/mol. The molecule has 0 aliphatic heterocycles. The lowest BCUT2D eigenvalue weighted by Crippen LogP contribution is -2.20. The molecule has 0 amide bonds. The van der Waals surface area contributed by atoms with Gasteiger partial charge in [0.2, 0.25) is 5.78 Å². The molecular weight excluding hydrogens is 236 g/mol. The van der Waals surface area contributed by atoms with E-state index in [0.717, 1.165) is 12.0 Å². The summed E-state index contributed by atoms with van der Waals surface area (Å²) < 4.78 is 0. The van der Waals surface area contributed by atoms with Gasteiger partial charge in [-0.15, -0.1) is 0 Å². The molecule has 0 aromatic heterocycles. The lowest BCUT2D eigenvalue weighted by atomic mass is 9.86. The summed E-state index contributed by atoms with van der Waals surface area (Å²) in [4.78, 5) is 24.2. The molecule has 0 fully saturated rings. The van der Waals surface area contributed by atoms with Gasteiger partial charge in [0.15, 0.2) is 5.78 Å². The van der Waals surface area contributed by atoms with E-state index in [1.54, 1.807) is 12.1 Å². The van der Waals surface area contributed by atoms with Crippen LogP contribution in [0.4, 0.5) is 0 Å². The summed E-state index contributed by atoms with van der Waals surface area (Å²) in [6, 6.07) is 5.28. The van der Waals surface area contributed by atoms with Crippen LogP contribution in [0.1, 0.15) is 46.0 Å². The fraction of sp³-hybridized carbons (Fsp3) is 0.286. The van der Waals surface area contributed by atoms with Crippen LogP contribution in [0.3, 0.4) is 0 Å². The second-order valence-electron chi connectivity index (χ2n) is 4.25. The van der Waals surface area contributed by atoms with Crippen LogP contribution in [0.15, 0.2) is 28.8 Å². The number of hydrogen-bond acceptors (Lipinski definition) is 2. The lowest BCUT2D eigenvalue weighted by Gasteiger charge is -2.17. The molecule has 1 aliphatic rings. The highest BCUT2D eigenvalue weighted by Gasteiger charge is 2.30. The number of benzene rings is 1. The van der Waals surface area contributed by atoms with E-state index in [1.165, 1.54) is 0 Å². The van der Waals surface area contributed by atoms with Gasteiger partial charge in [0, 0.05) is 16.7 Å². The monoisotopic (exact) mass is 248 g/mol. The molecular formula is C14H13ClO2.